The summed E-state index contributed by atoms with van der Waals surface area (Å²) >= 11 is 0. The standard InChI is InChI=1S/C27H36FN7O5.C6H12/c1-3-24(36)32-22(27(39)34-10-9-33-11-12-40-17-19(33)16-34)14-18-5-6-21(20(28)13-18)31-25(37)15-29-26(38)23-7-8-30-35(23)4-2;1-2-4-6-5-3-1/h5-8,13,19,22H,3-4,9-12,14-17H2,1-2H3,(H,29,38)(H,31,37)(H,32,36);1-6H2. The summed E-state index contributed by atoms with van der Waals surface area (Å²) in [5, 5.41) is 11.7. The smallest absolute Gasteiger partial charge is 0.269 e. The molecule has 13 heteroatoms. The maximum Gasteiger partial charge on any atom is 0.269 e. The summed E-state index contributed by atoms with van der Waals surface area (Å²) in [4.78, 5) is 54.4. The molecule has 12 nitrogen and oxygen atoms in total. The average molecular weight is 642 g/mol. The first-order valence-electron chi connectivity index (χ1n) is 16.6. The van der Waals surface area contributed by atoms with Crippen LogP contribution in [0.15, 0.2) is 30.5 Å². The van der Waals surface area contributed by atoms with Crippen molar-refractivity contribution >= 4 is 29.3 Å². The third-order valence-electron chi connectivity index (χ3n) is 8.61. The molecule has 1 aliphatic carbocycles. The number of piperazine rings is 1. The summed E-state index contributed by atoms with van der Waals surface area (Å²) in [6, 6.07) is 5.04. The molecule has 2 aliphatic heterocycles. The molecule has 3 heterocycles. The van der Waals surface area contributed by atoms with E-state index in [1.54, 1.807) is 24.0 Å². The van der Waals surface area contributed by atoms with Crippen LogP contribution >= 0.6 is 0 Å². The molecule has 1 aromatic heterocycles. The molecule has 3 N–H and O–H groups in total. The van der Waals surface area contributed by atoms with Gasteiger partial charge in [-0.3, -0.25) is 28.8 Å². The van der Waals surface area contributed by atoms with E-state index in [0.29, 0.717) is 44.1 Å². The molecule has 3 aliphatic rings. The lowest BCUT2D eigenvalue weighted by molar-refractivity contribution is -0.141. The van der Waals surface area contributed by atoms with Crippen LogP contribution in [0.4, 0.5) is 10.1 Å². The van der Waals surface area contributed by atoms with E-state index in [1.807, 2.05) is 6.92 Å². The minimum Gasteiger partial charge on any atom is -0.378 e. The van der Waals surface area contributed by atoms with Crippen molar-refractivity contribution in [3.8, 4) is 0 Å². The number of rotatable bonds is 10. The largest absolute Gasteiger partial charge is 0.378 e. The first-order chi connectivity index (χ1) is 22.3. The molecule has 2 aromatic rings. The molecule has 1 aromatic carbocycles. The van der Waals surface area contributed by atoms with Crippen molar-refractivity contribution in [2.75, 3.05) is 51.3 Å². The van der Waals surface area contributed by atoms with Crippen LogP contribution in [0.3, 0.4) is 0 Å². The molecule has 0 spiro atoms. The van der Waals surface area contributed by atoms with E-state index in [-0.39, 0.29) is 42.9 Å². The average Bonchev–Trinajstić information content (AvgIpc) is 3.58. The number of aryl methyl sites for hydroxylation is 1. The Morgan fingerprint density at radius 1 is 1.00 bits per heavy atom. The van der Waals surface area contributed by atoms with Gasteiger partial charge in [-0.1, -0.05) is 51.5 Å². The Hall–Kier alpha value is -3.84. The van der Waals surface area contributed by atoms with Crippen molar-refractivity contribution in [1.29, 1.82) is 0 Å². The van der Waals surface area contributed by atoms with Crippen LogP contribution in [0.2, 0.25) is 0 Å². The van der Waals surface area contributed by atoms with E-state index in [9.17, 15) is 23.6 Å². The molecular weight excluding hydrogens is 593 g/mol. The van der Waals surface area contributed by atoms with Gasteiger partial charge >= 0.3 is 0 Å². The van der Waals surface area contributed by atoms with Crippen molar-refractivity contribution in [2.45, 2.75) is 83.8 Å². The molecule has 2 atom stereocenters. The summed E-state index contributed by atoms with van der Waals surface area (Å²) < 4.78 is 22.0. The molecule has 46 heavy (non-hydrogen) atoms. The number of hydrogen-bond donors (Lipinski definition) is 3. The van der Waals surface area contributed by atoms with E-state index >= 15 is 0 Å². The third kappa shape index (κ3) is 10.1. The van der Waals surface area contributed by atoms with Crippen molar-refractivity contribution in [2.24, 2.45) is 0 Å². The Kier molecular flexibility index (Phi) is 13.5. The van der Waals surface area contributed by atoms with Crippen LogP contribution in [0.25, 0.3) is 0 Å². The zero-order chi connectivity index (χ0) is 32.9. The zero-order valence-corrected chi connectivity index (χ0v) is 27.1. The van der Waals surface area contributed by atoms with Crippen LogP contribution in [0.1, 0.15) is 74.8 Å². The lowest BCUT2D eigenvalue weighted by Crippen LogP contribution is -2.61. The van der Waals surface area contributed by atoms with E-state index in [1.165, 1.54) is 61.5 Å². The second kappa shape index (κ2) is 17.7. The predicted molar refractivity (Wildman–Crippen MR) is 172 cm³/mol. The number of ether oxygens (including phenoxy) is 1. The van der Waals surface area contributed by atoms with Crippen molar-refractivity contribution in [3.63, 3.8) is 0 Å². The highest BCUT2D eigenvalue weighted by molar-refractivity contribution is 5.98. The number of hydrogen-bond acceptors (Lipinski definition) is 7. The monoisotopic (exact) mass is 641 g/mol. The van der Waals surface area contributed by atoms with Crippen LogP contribution in [-0.2, 0) is 32.1 Å². The minimum absolute atomic E-state index is 0.0597. The summed E-state index contributed by atoms with van der Waals surface area (Å²) in [6.45, 7) is 7.55. The number of benzene rings is 1. The predicted octanol–water partition coefficient (Wildman–Crippen LogP) is 2.73. The Morgan fingerprint density at radius 2 is 1.74 bits per heavy atom. The first-order valence-corrected chi connectivity index (χ1v) is 16.6. The maximum atomic E-state index is 14.9. The quantitative estimate of drug-likeness (QED) is 0.363. The van der Waals surface area contributed by atoms with Crippen molar-refractivity contribution < 1.29 is 28.3 Å². The van der Waals surface area contributed by atoms with Crippen LogP contribution in [0, 0.1) is 5.82 Å². The highest BCUT2D eigenvalue weighted by Gasteiger charge is 2.34. The number of nitrogens with one attached hydrogen (secondary N) is 3. The molecule has 0 bridgehead atoms. The van der Waals surface area contributed by atoms with Gasteiger partial charge in [0, 0.05) is 51.8 Å². The van der Waals surface area contributed by atoms with Gasteiger partial charge in [-0.15, -0.1) is 0 Å². The molecule has 4 amide bonds. The number of carbonyl (C=O) groups excluding carboxylic acids is 4. The van der Waals surface area contributed by atoms with Gasteiger partial charge in [0.2, 0.25) is 17.7 Å². The lowest BCUT2D eigenvalue weighted by atomic mass is 10.0. The molecule has 252 valence electrons. The van der Waals surface area contributed by atoms with Gasteiger partial charge in [0.05, 0.1) is 31.5 Å². The summed E-state index contributed by atoms with van der Waals surface area (Å²) in [6.07, 6.45) is 10.8. The topological polar surface area (TPSA) is 138 Å². The highest BCUT2D eigenvalue weighted by Crippen LogP contribution is 2.19. The SMILES string of the molecule is C1CCCCC1.CCC(=O)NC(Cc1ccc(NC(=O)CNC(=O)c2ccnn2CC)c(F)c1)C(=O)N1CCN2CCOCC2C1. The first kappa shape index (κ1) is 35.0. The Morgan fingerprint density at radius 3 is 2.41 bits per heavy atom. The molecule has 3 fully saturated rings. The van der Waals surface area contributed by atoms with Crippen LogP contribution in [0.5, 0.6) is 0 Å². The van der Waals surface area contributed by atoms with E-state index in [2.05, 4.69) is 25.9 Å². The number of morpholine rings is 1. The van der Waals surface area contributed by atoms with Gasteiger partial charge in [0.15, 0.2) is 0 Å². The minimum atomic E-state index is -0.852. The van der Waals surface area contributed by atoms with Crippen LogP contribution in [-0.4, -0.2) is 101 Å². The van der Waals surface area contributed by atoms with Crippen molar-refractivity contribution in [1.82, 2.24) is 30.2 Å². The fraction of sp³-hybridized carbons (Fsp3) is 0.606. The number of carbonyl (C=O) groups is 4. The van der Waals surface area contributed by atoms with Gasteiger partial charge in [-0.25, -0.2) is 4.39 Å². The number of halogens is 1. The van der Waals surface area contributed by atoms with E-state index in [0.717, 1.165) is 13.1 Å². The highest BCUT2D eigenvalue weighted by atomic mass is 19.1. The molecule has 1 saturated carbocycles. The molecule has 2 saturated heterocycles. The Balaban J connectivity index is 0.000000717. The van der Waals surface area contributed by atoms with Gasteiger partial charge in [-0.2, -0.15) is 5.10 Å². The fourth-order valence-corrected chi connectivity index (χ4v) is 5.97. The lowest BCUT2D eigenvalue weighted by Gasteiger charge is -2.44. The van der Waals surface area contributed by atoms with Gasteiger partial charge in [0.25, 0.3) is 5.91 Å². The number of anilines is 1. The Labute approximate surface area is 270 Å². The van der Waals surface area contributed by atoms with Gasteiger partial charge in [0.1, 0.15) is 17.6 Å². The Bertz CT molecular complexity index is 1320. The van der Waals surface area contributed by atoms with E-state index in [4.69, 9.17) is 4.74 Å². The van der Waals surface area contributed by atoms with Gasteiger partial charge < -0.3 is 25.6 Å². The number of amides is 4. The van der Waals surface area contributed by atoms with Gasteiger partial charge in [-0.05, 0) is 30.7 Å². The fourth-order valence-electron chi connectivity index (χ4n) is 5.97. The molecule has 2 unspecified atom stereocenters. The second-order valence-electron chi connectivity index (χ2n) is 11.9. The molecule has 5 rings (SSSR count). The number of fused-ring (bicyclic) bond motifs is 1. The molecular formula is C33H48FN7O5. The number of aromatic nitrogens is 2. The summed E-state index contributed by atoms with van der Waals surface area (Å²) in [7, 11) is 0. The summed E-state index contributed by atoms with van der Waals surface area (Å²) in [5.74, 6) is -2.25. The normalized spacial score (nSPS) is 18.8. The summed E-state index contributed by atoms with van der Waals surface area (Å²) in [5.41, 5.74) is 0.751. The molecule has 0 radical (unpaired) electrons. The third-order valence-corrected chi connectivity index (χ3v) is 8.61. The maximum absolute atomic E-state index is 14.9. The second-order valence-corrected chi connectivity index (χ2v) is 11.9. The zero-order valence-electron chi connectivity index (χ0n) is 27.1. The van der Waals surface area contributed by atoms with Crippen LogP contribution < -0.4 is 16.0 Å². The number of nitrogens with zero attached hydrogens (tertiary/aromatic N) is 4. The van der Waals surface area contributed by atoms with E-state index < -0.39 is 23.7 Å². The van der Waals surface area contributed by atoms with Crippen molar-refractivity contribution in [3.05, 3.63) is 47.5 Å².